The van der Waals surface area contributed by atoms with Crippen molar-refractivity contribution >= 4 is 5.97 Å². The minimum absolute atomic E-state index is 0.0189. The van der Waals surface area contributed by atoms with Crippen LogP contribution in [-0.4, -0.2) is 35.7 Å². The number of ether oxygens (including phenoxy) is 1. The number of rotatable bonds is 8. The average Bonchev–Trinajstić information content (AvgIpc) is 2.66. The number of alkyl halides is 2. The number of carboxylic acids is 1. The van der Waals surface area contributed by atoms with Crippen molar-refractivity contribution in [2.45, 2.75) is 33.1 Å². The molecular weight excluding hydrogens is 260 g/mol. The van der Waals surface area contributed by atoms with Crippen molar-refractivity contribution in [3.05, 3.63) is 17.3 Å². The number of carboxylic acid groups (broad SMARTS) is 1. The summed E-state index contributed by atoms with van der Waals surface area (Å²) in [5.74, 6) is -0.922. The van der Waals surface area contributed by atoms with Crippen molar-refractivity contribution in [2.75, 3.05) is 13.2 Å². The van der Waals surface area contributed by atoms with Crippen LogP contribution in [0.25, 0.3) is 0 Å². The van der Waals surface area contributed by atoms with Crippen LogP contribution in [0.5, 0.6) is 0 Å². The molecule has 0 aromatic carbocycles. The SMILES string of the molecule is CC(C)Cc1nc(CCOCC(F)F)oc1C(=O)O. The highest BCUT2D eigenvalue weighted by atomic mass is 19.3. The van der Waals surface area contributed by atoms with Gasteiger partial charge in [-0.15, -0.1) is 0 Å². The maximum absolute atomic E-state index is 11.8. The zero-order chi connectivity index (χ0) is 14.4. The van der Waals surface area contributed by atoms with E-state index in [4.69, 9.17) is 14.3 Å². The third-order valence-corrected chi connectivity index (χ3v) is 2.24. The topological polar surface area (TPSA) is 72.6 Å². The number of aromatic nitrogens is 1. The number of halogens is 2. The second-order valence-corrected chi connectivity index (χ2v) is 4.50. The molecule has 0 bridgehead atoms. The zero-order valence-corrected chi connectivity index (χ0v) is 10.9. The van der Waals surface area contributed by atoms with Crippen molar-refractivity contribution in [1.82, 2.24) is 4.98 Å². The van der Waals surface area contributed by atoms with Gasteiger partial charge in [0, 0.05) is 6.42 Å². The molecule has 0 aliphatic heterocycles. The number of hydrogen-bond acceptors (Lipinski definition) is 4. The van der Waals surface area contributed by atoms with Gasteiger partial charge in [-0.2, -0.15) is 0 Å². The molecule has 0 amide bonds. The van der Waals surface area contributed by atoms with Gasteiger partial charge in [-0.25, -0.2) is 18.6 Å². The van der Waals surface area contributed by atoms with Crippen molar-refractivity contribution in [2.24, 2.45) is 5.92 Å². The molecule has 0 aliphatic carbocycles. The molecule has 0 fully saturated rings. The van der Waals surface area contributed by atoms with Crippen molar-refractivity contribution in [1.29, 1.82) is 0 Å². The molecule has 1 rings (SSSR count). The van der Waals surface area contributed by atoms with E-state index in [2.05, 4.69) is 4.98 Å². The fourth-order valence-corrected chi connectivity index (χ4v) is 1.53. The lowest BCUT2D eigenvalue weighted by molar-refractivity contribution is 0.0173. The minimum atomic E-state index is -2.52. The molecular formula is C12H17F2NO4. The molecule has 0 spiro atoms. The maximum atomic E-state index is 11.8. The lowest BCUT2D eigenvalue weighted by atomic mass is 10.1. The highest BCUT2D eigenvalue weighted by molar-refractivity contribution is 5.85. The van der Waals surface area contributed by atoms with E-state index in [0.717, 1.165) is 0 Å². The second kappa shape index (κ2) is 7.18. The predicted molar refractivity (Wildman–Crippen MR) is 62.5 cm³/mol. The molecule has 1 aromatic heterocycles. The van der Waals surface area contributed by atoms with E-state index in [0.29, 0.717) is 12.1 Å². The fourth-order valence-electron chi connectivity index (χ4n) is 1.53. The van der Waals surface area contributed by atoms with Gasteiger partial charge in [-0.1, -0.05) is 13.8 Å². The molecule has 1 aromatic rings. The van der Waals surface area contributed by atoms with Gasteiger partial charge in [-0.3, -0.25) is 0 Å². The Bertz CT molecular complexity index is 418. The first kappa shape index (κ1) is 15.6. The van der Waals surface area contributed by atoms with E-state index < -0.39 is 19.0 Å². The molecule has 108 valence electrons. The van der Waals surface area contributed by atoms with Crippen LogP contribution in [0.1, 0.15) is 36.0 Å². The van der Waals surface area contributed by atoms with Crippen molar-refractivity contribution < 1.29 is 27.8 Å². The lowest BCUT2D eigenvalue weighted by Gasteiger charge is -2.00. The number of aromatic carboxylic acids is 1. The van der Waals surface area contributed by atoms with Gasteiger partial charge >= 0.3 is 5.97 Å². The van der Waals surface area contributed by atoms with E-state index in [1.807, 2.05) is 13.8 Å². The quantitative estimate of drug-likeness (QED) is 0.739. The number of nitrogens with zero attached hydrogens (tertiary/aromatic N) is 1. The summed E-state index contributed by atoms with van der Waals surface area (Å²) in [6.45, 7) is 3.24. The second-order valence-electron chi connectivity index (χ2n) is 4.50. The summed E-state index contributed by atoms with van der Waals surface area (Å²) in [4.78, 5) is 15.0. The van der Waals surface area contributed by atoms with E-state index in [1.54, 1.807) is 0 Å². The van der Waals surface area contributed by atoms with Crippen LogP contribution in [0.2, 0.25) is 0 Å². The Balaban J connectivity index is 2.61. The van der Waals surface area contributed by atoms with Gasteiger partial charge in [0.05, 0.1) is 12.3 Å². The number of carbonyl (C=O) groups is 1. The van der Waals surface area contributed by atoms with Crippen LogP contribution in [0.15, 0.2) is 4.42 Å². The Labute approximate surface area is 109 Å². The van der Waals surface area contributed by atoms with Crippen molar-refractivity contribution in [3.63, 3.8) is 0 Å². The largest absolute Gasteiger partial charge is 0.475 e. The lowest BCUT2D eigenvalue weighted by Crippen LogP contribution is -2.07. The Kier molecular flexibility index (Phi) is 5.88. The molecule has 0 radical (unpaired) electrons. The molecule has 0 unspecified atom stereocenters. The maximum Gasteiger partial charge on any atom is 0.373 e. The van der Waals surface area contributed by atoms with E-state index in [1.165, 1.54) is 0 Å². The van der Waals surface area contributed by atoms with Crippen LogP contribution in [0.4, 0.5) is 8.78 Å². The van der Waals surface area contributed by atoms with Gasteiger partial charge in [0.2, 0.25) is 5.76 Å². The van der Waals surface area contributed by atoms with Gasteiger partial charge < -0.3 is 14.3 Å². The highest BCUT2D eigenvalue weighted by Crippen LogP contribution is 2.16. The van der Waals surface area contributed by atoms with Crippen molar-refractivity contribution in [3.8, 4) is 0 Å². The van der Waals surface area contributed by atoms with Crippen LogP contribution in [0.3, 0.4) is 0 Å². The molecule has 7 heteroatoms. The van der Waals surface area contributed by atoms with Crippen LogP contribution in [-0.2, 0) is 17.6 Å². The first-order chi connectivity index (χ1) is 8.90. The highest BCUT2D eigenvalue weighted by Gasteiger charge is 2.20. The van der Waals surface area contributed by atoms with Gasteiger partial charge in [0.25, 0.3) is 6.43 Å². The molecule has 0 saturated heterocycles. The van der Waals surface area contributed by atoms with E-state index in [9.17, 15) is 13.6 Å². The molecule has 0 saturated carbocycles. The summed E-state index contributed by atoms with van der Waals surface area (Å²) in [6.07, 6.45) is -1.86. The first-order valence-corrected chi connectivity index (χ1v) is 5.98. The summed E-state index contributed by atoms with van der Waals surface area (Å²) < 4.78 is 33.5. The van der Waals surface area contributed by atoms with Crippen LogP contribution < -0.4 is 0 Å². The summed E-state index contributed by atoms with van der Waals surface area (Å²) in [6, 6.07) is 0. The standard InChI is InChI=1S/C12H17F2NO4/c1-7(2)5-8-11(12(16)17)19-10(15-8)3-4-18-6-9(13)14/h7,9H,3-6H2,1-2H3,(H,16,17). The van der Waals surface area contributed by atoms with Gasteiger partial charge in [0.15, 0.2) is 5.89 Å². The van der Waals surface area contributed by atoms with Crippen LogP contribution in [0, 0.1) is 5.92 Å². The number of hydrogen-bond donors (Lipinski definition) is 1. The van der Waals surface area contributed by atoms with Gasteiger partial charge in [-0.05, 0) is 12.3 Å². The Hall–Kier alpha value is -1.50. The summed E-state index contributed by atoms with van der Waals surface area (Å²) >= 11 is 0. The fraction of sp³-hybridized carbons (Fsp3) is 0.667. The molecule has 1 heterocycles. The average molecular weight is 277 g/mol. The zero-order valence-electron chi connectivity index (χ0n) is 10.9. The minimum Gasteiger partial charge on any atom is -0.475 e. The van der Waals surface area contributed by atoms with Gasteiger partial charge in [0.1, 0.15) is 6.61 Å². The summed E-state index contributed by atoms with van der Waals surface area (Å²) in [5, 5.41) is 8.97. The Morgan fingerprint density at radius 1 is 1.47 bits per heavy atom. The van der Waals surface area contributed by atoms with E-state index in [-0.39, 0.29) is 30.6 Å². The Morgan fingerprint density at radius 2 is 2.16 bits per heavy atom. The first-order valence-electron chi connectivity index (χ1n) is 5.98. The predicted octanol–water partition coefficient (Wildman–Crippen LogP) is 2.40. The van der Waals surface area contributed by atoms with Crippen LogP contribution >= 0.6 is 0 Å². The smallest absolute Gasteiger partial charge is 0.373 e. The molecule has 5 nitrogen and oxygen atoms in total. The summed E-state index contributed by atoms with van der Waals surface area (Å²) in [7, 11) is 0. The molecule has 1 N–H and O–H groups in total. The molecule has 0 aliphatic rings. The number of oxazole rings is 1. The third-order valence-electron chi connectivity index (χ3n) is 2.24. The monoisotopic (exact) mass is 277 g/mol. The van der Waals surface area contributed by atoms with E-state index >= 15 is 0 Å². The normalized spacial score (nSPS) is 11.5. The third kappa shape index (κ3) is 5.34. The molecule has 19 heavy (non-hydrogen) atoms. The Morgan fingerprint density at radius 3 is 2.68 bits per heavy atom. The molecule has 0 atom stereocenters. The summed E-state index contributed by atoms with van der Waals surface area (Å²) in [5.41, 5.74) is 0.381.